The number of aromatic nitrogens is 3. The van der Waals surface area contributed by atoms with Crippen molar-refractivity contribution in [2.45, 2.75) is 25.4 Å². The van der Waals surface area contributed by atoms with Gasteiger partial charge in [-0.3, -0.25) is 9.48 Å². The summed E-state index contributed by atoms with van der Waals surface area (Å²) in [6.45, 7) is 1.32. The third-order valence-electron chi connectivity index (χ3n) is 4.41. The van der Waals surface area contributed by atoms with Gasteiger partial charge in [-0.15, -0.1) is 0 Å². The highest BCUT2D eigenvalue weighted by atomic mass is 19.4. The molecule has 0 saturated heterocycles. The summed E-state index contributed by atoms with van der Waals surface area (Å²) >= 11 is 0. The summed E-state index contributed by atoms with van der Waals surface area (Å²) < 4.78 is 44.6. The molecule has 0 bridgehead atoms. The molecule has 1 aliphatic rings. The minimum absolute atomic E-state index is 0.130. The number of furan rings is 1. The normalized spacial score (nSPS) is 15.3. The first-order chi connectivity index (χ1) is 15.7. The average molecular weight is 463 g/mol. The minimum Gasteiger partial charge on any atom is -0.475 e. The quantitative estimate of drug-likeness (QED) is 0.626. The third-order valence-corrected chi connectivity index (χ3v) is 4.41. The molecule has 10 nitrogen and oxygen atoms in total. The molecule has 0 aliphatic carbocycles. The Hall–Kier alpha value is -4.34. The lowest BCUT2D eigenvalue weighted by Gasteiger charge is -2.24. The molecule has 0 aromatic carbocycles. The van der Waals surface area contributed by atoms with Crippen molar-refractivity contribution in [3.63, 3.8) is 0 Å². The van der Waals surface area contributed by atoms with Crippen molar-refractivity contribution >= 4 is 11.9 Å². The largest absolute Gasteiger partial charge is 0.490 e. The lowest BCUT2D eigenvalue weighted by atomic mass is 10.2. The van der Waals surface area contributed by atoms with Crippen LogP contribution in [0.4, 0.5) is 13.2 Å². The molecule has 1 aliphatic heterocycles. The summed E-state index contributed by atoms with van der Waals surface area (Å²) in [7, 11) is 0. The number of pyridine rings is 1. The predicted molar refractivity (Wildman–Crippen MR) is 103 cm³/mol. The van der Waals surface area contributed by atoms with Gasteiger partial charge in [0.1, 0.15) is 18.4 Å². The van der Waals surface area contributed by atoms with Gasteiger partial charge in [0.05, 0.1) is 42.7 Å². The fourth-order valence-electron chi connectivity index (χ4n) is 2.90. The van der Waals surface area contributed by atoms with Crippen LogP contribution in [0.2, 0.25) is 0 Å². The summed E-state index contributed by atoms with van der Waals surface area (Å²) in [5.41, 5.74) is 1.89. The van der Waals surface area contributed by atoms with Crippen molar-refractivity contribution < 1.29 is 37.0 Å². The molecule has 1 amide bonds. The van der Waals surface area contributed by atoms with E-state index in [9.17, 15) is 18.0 Å². The molecule has 3 aromatic heterocycles. The Kier molecular flexibility index (Phi) is 6.97. The van der Waals surface area contributed by atoms with Gasteiger partial charge in [0.2, 0.25) is 5.88 Å². The Bertz CT molecular complexity index is 1140. The zero-order valence-corrected chi connectivity index (χ0v) is 16.8. The van der Waals surface area contributed by atoms with Crippen LogP contribution >= 0.6 is 0 Å². The number of ether oxygens (including phenoxy) is 1. The molecule has 13 heteroatoms. The van der Waals surface area contributed by atoms with Gasteiger partial charge >= 0.3 is 12.1 Å². The summed E-state index contributed by atoms with van der Waals surface area (Å²) in [5.74, 6) is -2.48. The average Bonchev–Trinajstić information content (AvgIpc) is 3.43. The van der Waals surface area contributed by atoms with Gasteiger partial charge in [-0.1, -0.05) is 0 Å². The molecule has 0 saturated carbocycles. The number of halogens is 3. The standard InChI is InChI=1S/C18H15N5O3.C2HF3O2/c19-7-13-1-2-17(20-8-13)26-16-10-22(18(24)14-4-6-25-12-14)9-15-3-5-21-23(15)11-16;3-2(4,5)1(6)7/h1-6,8,12,16H,9-11H2;(H,6,7). The number of hydrogen-bond donors (Lipinski definition) is 1. The fraction of sp³-hybridized carbons (Fsp3) is 0.250. The molecule has 33 heavy (non-hydrogen) atoms. The van der Waals surface area contributed by atoms with Crippen molar-refractivity contribution in [1.29, 1.82) is 5.26 Å². The highest BCUT2D eigenvalue weighted by Crippen LogP contribution is 2.19. The summed E-state index contributed by atoms with van der Waals surface area (Å²) in [4.78, 5) is 27.5. The third kappa shape index (κ3) is 6.10. The number of carbonyl (C=O) groups excluding carboxylic acids is 1. The van der Waals surface area contributed by atoms with Gasteiger partial charge in [-0.25, -0.2) is 9.78 Å². The Morgan fingerprint density at radius 2 is 2.00 bits per heavy atom. The van der Waals surface area contributed by atoms with Crippen molar-refractivity contribution in [3.8, 4) is 11.9 Å². The van der Waals surface area contributed by atoms with Gasteiger partial charge < -0.3 is 19.2 Å². The molecular formula is C20H16F3N5O5. The van der Waals surface area contributed by atoms with Crippen LogP contribution in [-0.2, 0) is 17.9 Å². The lowest BCUT2D eigenvalue weighted by molar-refractivity contribution is -0.192. The van der Waals surface area contributed by atoms with E-state index in [1.165, 1.54) is 18.7 Å². The molecule has 4 heterocycles. The van der Waals surface area contributed by atoms with Crippen LogP contribution in [-0.4, -0.2) is 55.5 Å². The highest BCUT2D eigenvalue weighted by molar-refractivity contribution is 5.93. The van der Waals surface area contributed by atoms with Crippen LogP contribution in [0.5, 0.6) is 5.88 Å². The second-order valence-electron chi connectivity index (χ2n) is 6.74. The molecule has 0 radical (unpaired) electrons. The monoisotopic (exact) mass is 463 g/mol. The summed E-state index contributed by atoms with van der Waals surface area (Å²) in [6, 6.07) is 8.84. The summed E-state index contributed by atoms with van der Waals surface area (Å²) in [6.07, 6.45) is 0.664. The van der Waals surface area contributed by atoms with Crippen LogP contribution in [0, 0.1) is 11.3 Å². The Labute approximate surface area is 184 Å². The van der Waals surface area contributed by atoms with Gasteiger partial charge in [0.15, 0.2) is 0 Å². The van der Waals surface area contributed by atoms with Crippen molar-refractivity contribution in [2.75, 3.05) is 6.54 Å². The number of alkyl halides is 3. The Morgan fingerprint density at radius 1 is 1.24 bits per heavy atom. The zero-order valence-electron chi connectivity index (χ0n) is 16.8. The molecule has 1 unspecified atom stereocenters. The number of hydrogen-bond acceptors (Lipinski definition) is 7. The molecule has 3 aromatic rings. The van der Waals surface area contributed by atoms with Gasteiger partial charge in [0, 0.05) is 18.5 Å². The molecule has 4 rings (SSSR count). The van der Waals surface area contributed by atoms with E-state index in [1.54, 1.807) is 29.3 Å². The van der Waals surface area contributed by atoms with E-state index in [-0.39, 0.29) is 12.0 Å². The SMILES string of the molecule is N#Cc1ccc(OC2CN(C(=O)c3ccoc3)Cc3ccnn3C2)nc1.O=C(O)C(F)(F)F. The molecule has 0 fully saturated rings. The minimum atomic E-state index is -5.08. The van der Waals surface area contributed by atoms with Crippen LogP contribution < -0.4 is 4.74 Å². The first-order valence-electron chi connectivity index (χ1n) is 9.32. The predicted octanol–water partition coefficient (Wildman–Crippen LogP) is 2.48. The Balaban J connectivity index is 0.000000383. The number of carboxylic acids is 1. The van der Waals surface area contributed by atoms with E-state index in [0.29, 0.717) is 36.6 Å². The van der Waals surface area contributed by atoms with E-state index in [1.807, 2.05) is 16.8 Å². The number of nitrogens with zero attached hydrogens (tertiary/aromatic N) is 5. The number of carboxylic acid groups (broad SMARTS) is 1. The van der Waals surface area contributed by atoms with E-state index in [2.05, 4.69) is 10.1 Å². The number of rotatable bonds is 3. The van der Waals surface area contributed by atoms with Crippen LogP contribution in [0.15, 0.2) is 53.6 Å². The van der Waals surface area contributed by atoms with Crippen LogP contribution in [0.1, 0.15) is 21.6 Å². The van der Waals surface area contributed by atoms with E-state index >= 15 is 0 Å². The van der Waals surface area contributed by atoms with E-state index in [0.717, 1.165) is 5.69 Å². The second kappa shape index (κ2) is 9.86. The maximum atomic E-state index is 12.8. The van der Waals surface area contributed by atoms with Gasteiger partial charge in [-0.2, -0.15) is 23.5 Å². The smallest absolute Gasteiger partial charge is 0.475 e. The maximum Gasteiger partial charge on any atom is 0.490 e. The first kappa shape index (κ1) is 23.3. The van der Waals surface area contributed by atoms with E-state index < -0.39 is 12.1 Å². The topological polar surface area (TPSA) is 134 Å². The maximum absolute atomic E-state index is 12.8. The number of amides is 1. The van der Waals surface area contributed by atoms with Crippen molar-refractivity contribution in [2.24, 2.45) is 0 Å². The highest BCUT2D eigenvalue weighted by Gasteiger charge is 2.38. The molecule has 1 atom stereocenters. The van der Waals surface area contributed by atoms with Gasteiger partial charge in [0.25, 0.3) is 5.91 Å². The van der Waals surface area contributed by atoms with Crippen molar-refractivity contribution in [3.05, 3.63) is 66.0 Å². The van der Waals surface area contributed by atoms with Crippen molar-refractivity contribution in [1.82, 2.24) is 19.7 Å². The number of aliphatic carboxylic acids is 1. The molecule has 172 valence electrons. The fourth-order valence-corrected chi connectivity index (χ4v) is 2.90. The second-order valence-corrected chi connectivity index (χ2v) is 6.74. The molecular weight excluding hydrogens is 447 g/mol. The first-order valence-corrected chi connectivity index (χ1v) is 9.32. The van der Waals surface area contributed by atoms with Crippen LogP contribution in [0.3, 0.4) is 0 Å². The lowest BCUT2D eigenvalue weighted by Crippen LogP contribution is -2.38. The molecule has 0 spiro atoms. The summed E-state index contributed by atoms with van der Waals surface area (Å²) in [5, 5.41) is 20.3. The van der Waals surface area contributed by atoms with Gasteiger partial charge in [-0.05, 0) is 18.2 Å². The molecule has 1 N–H and O–H groups in total. The van der Waals surface area contributed by atoms with E-state index in [4.69, 9.17) is 24.3 Å². The van der Waals surface area contributed by atoms with Crippen LogP contribution in [0.25, 0.3) is 0 Å². The number of fused-ring (bicyclic) bond motifs is 1. The zero-order chi connectivity index (χ0) is 24.0. The number of nitriles is 1. The number of carbonyl (C=O) groups is 2. The Morgan fingerprint density at radius 3 is 2.58 bits per heavy atom.